The molecule has 0 radical (unpaired) electrons. The van der Waals surface area contributed by atoms with Crippen molar-refractivity contribution in [3.8, 4) is 5.75 Å². The van der Waals surface area contributed by atoms with Crippen molar-refractivity contribution in [2.45, 2.75) is 19.8 Å². The van der Waals surface area contributed by atoms with Gasteiger partial charge in [-0.1, -0.05) is 25.5 Å². The molecule has 5 nitrogen and oxygen atoms in total. The maximum atomic E-state index is 12.1. The summed E-state index contributed by atoms with van der Waals surface area (Å²) in [5, 5.41) is 0. The van der Waals surface area contributed by atoms with Crippen LogP contribution < -0.4 is 9.64 Å². The second-order valence-corrected chi connectivity index (χ2v) is 6.55. The largest absolute Gasteiger partial charge is 0.494 e. The molecule has 0 aromatic heterocycles. The smallest absolute Gasteiger partial charge is 0.363 e. The highest BCUT2D eigenvalue weighted by molar-refractivity contribution is 6.12. The Hall–Kier alpha value is -3.08. The van der Waals surface area contributed by atoms with Gasteiger partial charge in [-0.05, 0) is 54.5 Å². The molecule has 2 aromatic carbocycles. The van der Waals surface area contributed by atoms with Crippen LogP contribution in [-0.2, 0) is 9.53 Å². The Morgan fingerprint density at radius 1 is 1.07 bits per heavy atom. The molecule has 0 spiro atoms. The van der Waals surface area contributed by atoms with Gasteiger partial charge < -0.3 is 14.4 Å². The molecular formula is C22H24N2O3. The lowest BCUT2D eigenvalue weighted by atomic mass is 10.2. The van der Waals surface area contributed by atoms with Crippen LogP contribution in [0.1, 0.15) is 30.9 Å². The standard InChI is InChI=1S/C22H24N2O3/c1-4-5-14-26-19-12-6-16(7-13-19)15-20-22(25)27-21(23-20)17-8-10-18(11-9-17)24(2)3/h6-13,15H,4-5,14H2,1-3H3/b20-15-. The number of hydrogen-bond acceptors (Lipinski definition) is 5. The number of cyclic esters (lactones) is 1. The molecular weight excluding hydrogens is 340 g/mol. The van der Waals surface area contributed by atoms with Crippen LogP contribution in [0.4, 0.5) is 5.69 Å². The first-order valence-corrected chi connectivity index (χ1v) is 9.10. The molecule has 27 heavy (non-hydrogen) atoms. The van der Waals surface area contributed by atoms with Crippen LogP contribution in [0.5, 0.6) is 5.75 Å². The van der Waals surface area contributed by atoms with E-state index in [-0.39, 0.29) is 0 Å². The van der Waals surface area contributed by atoms with E-state index in [0.29, 0.717) is 18.2 Å². The molecule has 2 aromatic rings. The molecule has 0 bridgehead atoms. The molecule has 0 atom stereocenters. The van der Waals surface area contributed by atoms with Crippen molar-refractivity contribution in [3.63, 3.8) is 0 Å². The van der Waals surface area contributed by atoms with Crippen LogP contribution in [0.3, 0.4) is 0 Å². The van der Waals surface area contributed by atoms with Gasteiger partial charge in [0.15, 0.2) is 5.70 Å². The highest BCUT2D eigenvalue weighted by Gasteiger charge is 2.24. The number of aliphatic imine (C=N–C) groups is 1. The van der Waals surface area contributed by atoms with Crippen LogP contribution in [0.2, 0.25) is 0 Å². The molecule has 1 aliphatic rings. The predicted molar refractivity (Wildman–Crippen MR) is 108 cm³/mol. The first kappa shape index (κ1) is 18.7. The van der Waals surface area contributed by atoms with Gasteiger partial charge in [0.25, 0.3) is 0 Å². The van der Waals surface area contributed by atoms with E-state index >= 15 is 0 Å². The van der Waals surface area contributed by atoms with Gasteiger partial charge >= 0.3 is 5.97 Å². The Balaban J connectivity index is 1.73. The molecule has 0 aliphatic carbocycles. The molecule has 140 valence electrons. The molecule has 0 unspecified atom stereocenters. The lowest BCUT2D eigenvalue weighted by Gasteiger charge is -2.12. The minimum absolute atomic E-state index is 0.293. The lowest BCUT2D eigenvalue weighted by molar-refractivity contribution is -0.129. The van der Waals surface area contributed by atoms with E-state index in [1.807, 2.05) is 67.5 Å². The summed E-state index contributed by atoms with van der Waals surface area (Å²) in [6.07, 6.45) is 3.86. The fourth-order valence-electron chi connectivity index (χ4n) is 2.59. The molecule has 0 saturated heterocycles. The monoisotopic (exact) mass is 364 g/mol. The topological polar surface area (TPSA) is 51.1 Å². The molecule has 5 heteroatoms. The van der Waals surface area contributed by atoms with Gasteiger partial charge in [0, 0.05) is 25.3 Å². The van der Waals surface area contributed by atoms with Gasteiger partial charge in [0.05, 0.1) is 6.61 Å². The zero-order valence-corrected chi connectivity index (χ0v) is 15.9. The summed E-state index contributed by atoms with van der Waals surface area (Å²) in [5.74, 6) is 0.714. The fraction of sp³-hybridized carbons (Fsp3) is 0.273. The first-order chi connectivity index (χ1) is 13.1. The van der Waals surface area contributed by atoms with Crippen LogP contribution in [0.25, 0.3) is 6.08 Å². The van der Waals surface area contributed by atoms with Gasteiger partial charge in [-0.2, -0.15) is 0 Å². The molecule has 0 saturated carbocycles. The van der Waals surface area contributed by atoms with E-state index in [2.05, 4.69) is 11.9 Å². The molecule has 0 amide bonds. The Morgan fingerprint density at radius 2 is 1.78 bits per heavy atom. The molecule has 0 fully saturated rings. The maximum Gasteiger partial charge on any atom is 0.363 e. The van der Waals surface area contributed by atoms with Gasteiger partial charge in [-0.15, -0.1) is 0 Å². The summed E-state index contributed by atoms with van der Waals surface area (Å²) < 4.78 is 11.0. The maximum absolute atomic E-state index is 12.1. The number of anilines is 1. The van der Waals surface area contributed by atoms with Crippen molar-refractivity contribution in [2.75, 3.05) is 25.6 Å². The summed E-state index contributed by atoms with van der Waals surface area (Å²) in [5.41, 5.74) is 3.01. The van der Waals surface area contributed by atoms with E-state index < -0.39 is 5.97 Å². The summed E-state index contributed by atoms with van der Waals surface area (Å²) >= 11 is 0. The van der Waals surface area contributed by atoms with Crippen molar-refractivity contribution in [2.24, 2.45) is 4.99 Å². The number of carbonyl (C=O) groups is 1. The van der Waals surface area contributed by atoms with Crippen molar-refractivity contribution < 1.29 is 14.3 Å². The third-order valence-electron chi connectivity index (χ3n) is 4.20. The van der Waals surface area contributed by atoms with Crippen LogP contribution in [0, 0.1) is 0 Å². The number of carbonyl (C=O) groups excluding carboxylic acids is 1. The van der Waals surface area contributed by atoms with Crippen LogP contribution in [-0.4, -0.2) is 32.6 Å². The van der Waals surface area contributed by atoms with E-state index in [9.17, 15) is 4.79 Å². The fourth-order valence-corrected chi connectivity index (χ4v) is 2.59. The van der Waals surface area contributed by atoms with Gasteiger partial charge in [0.1, 0.15) is 5.75 Å². The van der Waals surface area contributed by atoms with Crippen molar-refractivity contribution in [3.05, 3.63) is 65.4 Å². The van der Waals surface area contributed by atoms with E-state index in [1.165, 1.54) is 0 Å². The number of unbranched alkanes of at least 4 members (excludes halogenated alkanes) is 1. The van der Waals surface area contributed by atoms with Crippen LogP contribution in [0.15, 0.2) is 59.2 Å². The van der Waals surface area contributed by atoms with Crippen molar-refractivity contribution >= 4 is 23.6 Å². The van der Waals surface area contributed by atoms with Gasteiger partial charge in [0.2, 0.25) is 5.90 Å². The second-order valence-electron chi connectivity index (χ2n) is 6.55. The third-order valence-corrected chi connectivity index (χ3v) is 4.20. The molecule has 1 aliphatic heterocycles. The van der Waals surface area contributed by atoms with E-state index in [4.69, 9.17) is 9.47 Å². The summed E-state index contributed by atoms with van der Waals surface area (Å²) in [7, 11) is 3.95. The quantitative estimate of drug-likeness (QED) is 0.418. The summed E-state index contributed by atoms with van der Waals surface area (Å²) in [4.78, 5) is 18.5. The highest BCUT2D eigenvalue weighted by Crippen LogP contribution is 2.22. The predicted octanol–water partition coefficient (Wildman–Crippen LogP) is 4.28. The number of benzene rings is 2. The Labute approximate surface area is 159 Å². The zero-order chi connectivity index (χ0) is 19.2. The SMILES string of the molecule is CCCCOc1ccc(/C=C2\N=C(c3ccc(N(C)C)cc3)OC2=O)cc1. The summed E-state index contributed by atoms with van der Waals surface area (Å²) in [6, 6.07) is 15.3. The Bertz CT molecular complexity index is 850. The number of hydrogen-bond donors (Lipinski definition) is 0. The normalized spacial score (nSPS) is 14.9. The zero-order valence-electron chi connectivity index (χ0n) is 15.9. The first-order valence-electron chi connectivity index (χ1n) is 9.10. The molecule has 3 rings (SSSR count). The number of nitrogens with zero attached hydrogens (tertiary/aromatic N) is 2. The minimum Gasteiger partial charge on any atom is -0.494 e. The highest BCUT2D eigenvalue weighted by atomic mass is 16.6. The van der Waals surface area contributed by atoms with Crippen molar-refractivity contribution in [1.82, 2.24) is 0 Å². The lowest BCUT2D eigenvalue weighted by Crippen LogP contribution is -2.09. The average molecular weight is 364 g/mol. The Morgan fingerprint density at radius 3 is 2.41 bits per heavy atom. The minimum atomic E-state index is -0.440. The number of rotatable bonds is 7. The Kier molecular flexibility index (Phi) is 5.91. The van der Waals surface area contributed by atoms with E-state index in [1.54, 1.807) is 6.08 Å². The number of ether oxygens (including phenoxy) is 2. The number of esters is 1. The van der Waals surface area contributed by atoms with Gasteiger partial charge in [-0.25, -0.2) is 9.79 Å². The van der Waals surface area contributed by atoms with Crippen LogP contribution >= 0.6 is 0 Å². The summed E-state index contributed by atoms with van der Waals surface area (Å²) in [6.45, 7) is 2.84. The van der Waals surface area contributed by atoms with Gasteiger partial charge in [-0.3, -0.25) is 0 Å². The second kappa shape index (κ2) is 8.54. The molecule has 0 N–H and O–H groups in total. The van der Waals surface area contributed by atoms with Crippen molar-refractivity contribution in [1.29, 1.82) is 0 Å². The molecule has 1 heterocycles. The average Bonchev–Trinajstić information content (AvgIpc) is 3.04. The van der Waals surface area contributed by atoms with E-state index in [0.717, 1.165) is 35.4 Å². The third kappa shape index (κ3) is 4.76.